The van der Waals surface area contributed by atoms with Gasteiger partial charge in [0.15, 0.2) is 0 Å². The van der Waals surface area contributed by atoms with E-state index in [2.05, 4.69) is 37.4 Å². The molecule has 1 aliphatic rings. The van der Waals surface area contributed by atoms with Gasteiger partial charge in [-0.1, -0.05) is 29.3 Å². The second-order valence-electron chi connectivity index (χ2n) is 5.16. The maximum atomic E-state index is 11.7. The fourth-order valence-corrected chi connectivity index (χ4v) is 2.58. The van der Waals surface area contributed by atoms with Crippen LogP contribution in [0.3, 0.4) is 0 Å². The van der Waals surface area contributed by atoms with Crippen molar-refractivity contribution < 1.29 is 9.59 Å². The first-order valence-electron chi connectivity index (χ1n) is 6.60. The highest BCUT2D eigenvalue weighted by atomic mass is 16.2. The van der Waals surface area contributed by atoms with Gasteiger partial charge in [-0.3, -0.25) is 14.5 Å². The van der Waals surface area contributed by atoms with Crippen LogP contribution >= 0.6 is 0 Å². The molecule has 19 heavy (non-hydrogen) atoms. The lowest BCUT2D eigenvalue weighted by Gasteiger charge is -2.23. The van der Waals surface area contributed by atoms with E-state index >= 15 is 0 Å². The molecule has 2 rings (SSSR count). The van der Waals surface area contributed by atoms with Gasteiger partial charge in [0.05, 0.1) is 6.04 Å². The third-order valence-corrected chi connectivity index (χ3v) is 3.51. The van der Waals surface area contributed by atoms with E-state index < -0.39 is 0 Å². The number of hydrogen-bond donors (Lipinski definition) is 1. The van der Waals surface area contributed by atoms with Gasteiger partial charge in [-0.25, -0.2) is 0 Å². The fourth-order valence-electron chi connectivity index (χ4n) is 2.58. The zero-order valence-electron chi connectivity index (χ0n) is 11.7. The monoisotopic (exact) mass is 260 g/mol. The summed E-state index contributed by atoms with van der Waals surface area (Å²) in [7, 11) is 1.85. The smallest absolute Gasteiger partial charge is 0.229 e. The van der Waals surface area contributed by atoms with Crippen molar-refractivity contribution in [2.75, 3.05) is 13.6 Å². The van der Waals surface area contributed by atoms with E-state index in [1.807, 2.05) is 7.05 Å². The highest BCUT2D eigenvalue weighted by molar-refractivity contribution is 6.01. The Morgan fingerprint density at radius 1 is 1.11 bits per heavy atom. The number of rotatable bonds is 4. The lowest BCUT2D eigenvalue weighted by Crippen LogP contribution is -2.37. The van der Waals surface area contributed by atoms with Gasteiger partial charge in [-0.05, 0) is 26.5 Å². The second kappa shape index (κ2) is 5.53. The molecule has 1 fully saturated rings. The summed E-state index contributed by atoms with van der Waals surface area (Å²) >= 11 is 0. The average molecular weight is 260 g/mol. The Morgan fingerprint density at radius 3 is 2.11 bits per heavy atom. The van der Waals surface area contributed by atoms with Gasteiger partial charge < -0.3 is 5.32 Å². The van der Waals surface area contributed by atoms with Crippen molar-refractivity contribution in [1.29, 1.82) is 0 Å². The van der Waals surface area contributed by atoms with E-state index in [4.69, 9.17) is 0 Å². The van der Waals surface area contributed by atoms with Gasteiger partial charge in [0.25, 0.3) is 0 Å². The lowest BCUT2D eigenvalue weighted by molar-refractivity contribution is -0.138. The summed E-state index contributed by atoms with van der Waals surface area (Å²) in [6, 6.07) is 6.30. The van der Waals surface area contributed by atoms with Gasteiger partial charge in [-0.15, -0.1) is 0 Å². The number of nitrogens with zero attached hydrogens (tertiary/aromatic N) is 1. The van der Waals surface area contributed by atoms with Crippen molar-refractivity contribution in [3.05, 3.63) is 34.9 Å². The molecule has 1 N–H and O–H groups in total. The van der Waals surface area contributed by atoms with Gasteiger partial charge in [-0.2, -0.15) is 0 Å². The second-order valence-corrected chi connectivity index (χ2v) is 5.16. The number of carbonyl (C=O) groups excluding carboxylic acids is 2. The third-order valence-electron chi connectivity index (χ3n) is 3.51. The summed E-state index contributed by atoms with van der Waals surface area (Å²) in [5.74, 6) is -0.121. The highest BCUT2D eigenvalue weighted by Gasteiger charge is 2.30. The molecular formula is C15H20N2O2. The molecule has 1 aromatic carbocycles. The van der Waals surface area contributed by atoms with Crippen LogP contribution in [0.2, 0.25) is 0 Å². The average Bonchev–Trinajstić information content (AvgIpc) is 2.65. The van der Waals surface area contributed by atoms with Crippen molar-refractivity contribution in [2.45, 2.75) is 32.7 Å². The molecule has 4 nitrogen and oxygen atoms in total. The fraction of sp³-hybridized carbons (Fsp3) is 0.467. The quantitative estimate of drug-likeness (QED) is 0.838. The molecule has 0 aromatic heterocycles. The molecule has 1 saturated heterocycles. The van der Waals surface area contributed by atoms with E-state index in [9.17, 15) is 9.59 Å². The van der Waals surface area contributed by atoms with Gasteiger partial charge >= 0.3 is 0 Å². The van der Waals surface area contributed by atoms with Crippen LogP contribution in [0.1, 0.15) is 35.6 Å². The minimum atomic E-state index is -0.0605. The Kier molecular flexibility index (Phi) is 4.00. The Labute approximate surface area is 113 Å². The van der Waals surface area contributed by atoms with Crippen molar-refractivity contribution in [2.24, 2.45) is 0 Å². The molecule has 2 amide bonds. The van der Waals surface area contributed by atoms with Crippen molar-refractivity contribution in [1.82, 2.24) is 10.2 Å². The van der Waals surface area contributed by atoms with Crippen LogP contribution in [0.4, 0.5) is 0 Å². The molecular weight excluding hydrogens is 240 g/mol. The molecule has 102 valence electrons. The molecule has 1 atom stereocenters. The first-order valence-corrected chi connectivity index (χ1v) is 6.60. The summed E-state index contributed by atoms with van der Waals surface area (Å²) < 4.78 is 0. The number of imide groups is 1. The Balaban J connectivity index is 2.20. The minimum absolute atomic E-state index is 0.00963. The summed E-state index contributed by atoms with van der Waals surface area (Å²) in [4.78, 5) is 24.7. The summed E-state index contributed by atoms with van der Waals surface area (Å²) in [5, 5.41) is 3.19. The first-order chi connectivity index (χ1) is 9.01. The number of amides is 2. The van der Waals surface area contributed by atoms with Crippen LogP contribution in [0.15, 0.2) is 18.2 Å². The maximum absolute atomic E-state index is 11.7. The Hall–Kier alpha value is -1.68. The third kappa shape index (κ3) is 3.01. The van der Waals surface area contributed by atoms with Crippen LogP contribution in [0.25, 0.3) is 0 Å². The number of likely N-dealkylation sites (tertiary alicyclic amines) is 1. The van der Waals surface area contributed by atoms with E-state index in [0.29, 0.717) is 19.4 Å². The molecule has 1 unspecified atom stereocenters. The summed E-state index contributed by atoms with van der Waals surface area (Å²) in [6.45, 7) is 4.52. The van der Waals surface area contributed by atoms with E-state index in [0.717, 1.165) is 5.56 Å². The SMILES string of the molecule is CNC(CN1C(=O)CCC1=O)c1cc(C)cc(C)c1. The molecule has 0 saturated carbocycles. The zero-order chi connectivity index (χ0) is 14.0. The summed E-state index contributed by atoms with van der Waals surface area (Å²) in [5.41, 5.74) is 3.50. The Morgan fingerprint density at radius 2 is 1.63 bits per heavy atom. The van der Waals surface area contributed by atoms with Crippen LogP contribution in [-0.2, 0) is 9.59 Å². The van der Waals surface area contributed by atoms with Crippen LogP contribution in [0, 0.1) is 13.8 Å². The number of carbonyl (C=O) groups is 2. The number of likely N-dealkylation sites (N-methyl/N-ethyl adjacent to an activating group) is 1. The number of aryl methyl sites for hydroxylation is 2. The van der Waals surface area contributed by atoms with Crippen molar-refractivity contribution >= 4 is 11.8 Å². The van der Waals surface area contributed by atoms with E-state index in [1.54, 1.807) is 0 Å². The minimum Gasteiger partial charge on any atom is -0.312 e. The van der Waals surface area contributed by atoms with E-state index in [1.165, 1.54) is 16.0 Å². The lowest BCUT2D eigenvalue weighted by atomic mass is 10.0. The maximum Gasteiger partial charge on any atom is 0.229 e. The van der Waals surface area contributed by atoms with Crippen LogP contribution < -0.4 is 5.32 Å². The zero-order valence-corrected chi connectivity index (χ0v) is 11.7. The topological polar surface area (TPSA) is 49.4 Å². The molecule has 1 heterocycles. The highest BCUT2D eigenvalue weighted by Crippen LogP contribution is 2.21. The molecule has 0 spiro atoms. The molecule has 1 aliphatic heterocycles. The first kappa shape index (κ1) is 13.7. The normalized spacial score (nSPS) is 17.1. The standard InChI is InChI=1S/C15H20N2O2/c1-10-6-11(2)8-12(7-10)13(16-3)9-17-14(18)4-5-15(17)19/h6-8,13,16H,4-5,9H2,1-3H3. The molecule has 0 radical (unpaired) electrons. The number of nitrogens with one attached hydrogen (secondary N) is 1. The predicted molar refractivity (Wildman–Crippen MR) is 73.7 cm³/mol. The van der Waals surface area contributed by atoms with Gasteiger partial charge in [0.1, 0.15) is 0 Å². The van der Waals surface area contributed by atoms with Gasteiger partial charge in [0.2, 0.25) is 11.8 Å². The molecule has 1 aromatic rings. The van der Waals surface area contributed by atoms with Crippen molar-refractivity contribution in [3.63, 3.8) is 0 Å². The summed E-state index contributed by atoms with van der Waals surface area (Å²) in [6.07, 6.45) is 0.699. The van der Waals surface area contributed by atoms with E-state index in [-0.39, 0.29) is 17.9 Å². The van der Waals surface area contributed by atoms with Crippen LogP contribution in [-0.4, -0.2) is 30.3 Å². The number of hydrogen-bond acceptors (Lipinski definition) is 3. The molecule has 0 bridgehead atoms. The van der Waals surface area contributed by atoms with Gasteiger partial charge in [0, 0.05) is 19.4 Å². The molecule has 0 aliphatic carbocycles. The predicted octanol–water partition coefficient (Wildman–Crippen LogP) is 1.71. The molecule has 4 heteroatoms. The van der Waals surface area contributed by atoms with Crippen LogP contribution in [0.5, 0.6) is 0 Å². The Bertz CT molecular complexity index is 475. The van der Waals surface area contributed by atoms with Crippen molar-refractivity contribution in [3.8, 4) is 0 Å². The number of benzene rings is 1. The largest absolute Gasteiger partial charge is 0.312 e.